The van der Waals surface area contributed by atoms with Crippen LogP contribution in [0.1, 0.15) is 18.4 Å². The van der Waals surface area contributed by atoms with Crippen molar-refractivity contribution in [3.05, 3.63) is 35.6 Å². The Balaban J connectivity index is 2.05. The van der Waals surface area contributed by atoms with Crippen molar-refractivity contribution in [2.45, 2.75) is 25.2 Å². The normalized spacial score (nSPS) is 21.5. The largest absolute Gasteiger partial charge is 0.316 e. The lowest BCUT2D eigenvalue weighted by molar-refractivity contribution is -0.0647. The van der Waals surface area contributed by atoms with Crippen LogP contribution in [0.25, 0.3) is 0 Å². The molecule has 2 rings (SSSR count). The lowest BCUT2D eigenvalue weighted by Gasteiger charge is -2.30. The highest BCUT2D eigenvalue weighted by Gasteiger charge is 2.39. The molecule has 0 bridgehead atoms. The van der Waals surface area contributed by atoms with E-state index in [1.165, 1.54) is 18.2 Å². The maximum absolute atomic E-state index is 14.0. The van der Waals surface area contributed by atoms with Gasteiger partial charge in [-0.2, -0.15) is 0 Å². The van der Waals surface area contributed by atoms with Crippen molar-refractivity contribution in [2.75, 3.05) is 13.1 Å². The van der Waals surface area contributed by atoms with Gasteiger partial charge in [-0.05, 0) is 37.1 Å². The number of alkyl halides is 2. The first kappa shape index (κ1) is 12.4. The molecule has 1 fully saturated rings. The molecule has 1 N–H and O–H groups in total. The van der Waals surface area contributed by atoms with E-state index in [0.29, 0.717) is 18.5 Å². The third kappa shape index (κ3) is 3.22. The Bertz CT molecular complexity index is 373. The Morgan fingerprint density at radius 1 is 1.35 bits per heavy atom. The molecule has 0 saturated carbocycles. The van der Waals surface area contributed by atoms with Gasteiger partial charge < -0.3 is 5.32 Å². The maximum atomic E-state index is 14.0. The van der Waals surface area contributed by atoms with Crippen LogP contribution >= 0.6 is 0 Å². The van der Waals surface area contributed by atoms with Crippen LogP contribution in [0.15, 0.2) is 24.3 Å². The fourth-order valence-electron chi connectivity index (χ4n) is 2.28. The van der Waals surface area contributed by atoms with Crippen molar-refractivity contribution < 1.29 is 13.2 Å². The number of benzene rings is 1. The second kappa shape index (κ2) is 5.08. The number of hydrogen-bond acceptors (Lipinski definition) is 1. The Kier molecular flexibility index (Phi) is 3.72. The van der Waals surface area contributed by atoms with Gasteiger partial charge in [-0.25, -0.2) is 13.2 Å². The second-order valence-corrected chi connectivity index (χ2v) is 4.61. The fraction of sp³-hybridized carbons (Fsp3) is 0.538. The molecular formula is C13H16F3N. The van der Waals surface area contributed by atoms with Crippen LogP contribution in [-0.4, -0.2) is 19.0 Å². The monoisotopic (exact) mass is 243 g/mol. The van der Waals surface area contributed by atoms with Crippen molar-refractivity contribution >= 4 is 0 Å². The fourth-order valence-corrected chi connectivity index (χ4v) is 2.28. The molecule has 0 amide bonds. The van der Waals surface area contributed by atoms with Gasteiger partial charge >= 0.3 is 0 Å². The molecule has 0 radical (unpaired) electrons. The van der Waals surface area contributed by atoms with Crippen LogP contribution in [0, 0.1) is 11.7 Å². The minimum atomic E-state index is -2.76. The standard InChI is InChI=1S/C13H16F3N/c14-12-5-1-3-10(7-12)8-13(15,16)11-4-2-6-17-9-11/h1,3,5,7,11,17H,2,4,6,8-9H2. The highest BCUT2D eigenvalue weighted by molar-refractivity contribution is 5.18. The van der Waals surface area contributed by atoms with E-state index in [9.17, 15) is 13.2 Å². The van der Waals surface area contributed by atoms with Crippen LogP contribution in [0.4, 0.5) is 13.2 Å². The van der Waals surface area contributed by atoms with Gasteiger partial charge in [-0.15, -0.1) is 0 Å². The molecule has 1 nitrogen and oxygen atoms in total. The van der Waals surface area contributed by atoms with Gasteiger partial charge in [0.05, 0.1) is 0 Å². The summed E-state index contributed by atoms with van der Waals surface area (Å²) in [5.41, 5.74) is 0.362. The third-order valence-corrected chi connectivity index (χ3v) is 3.22. The van der Waals surface area contributed by atoms with Crippen LogP contribution in [0.2, 0.25) is 0 Å². The number of piperidine rings is 1. The van der Waals surface area contributed by atoms with E-state index < -0.39 is 17.7 Å². The van der Waals surface area contributed by atoms with Crippen LogP contribution < -0.4 is 5.32 Å². The minimum absolute atomic E-state index is 0.350. The molecule has 94 valence electrons. The summed E-state index contributed by atoms with van der Waals surface area (Å²) in [6.45, 7) is 1.16. The zero-order chi connectivity index (χ0) is 12.3. The Hall–Kier alpha value is -1.03. The molecular weight excluding hydrogens is 227 g/mol. The predicted molar refractivity (Wildman–Crippen MR) is 60.6 cm³/mol. The Morgan fingerprint density at radius 3 is 2.82 bits per heavy atom. The molecule has 0 spiro atoms. The molecule has 17 heavy (non-hydrogen) atoms. The SMILES string of the molecule is Fc1cccc(CC(F)(F)C2CCCNC2)c1. The summed E-state index contributed by atoms with van der Waals surface area (Å²) >= 11 is 0. The van der Waals surface area contributed by atoms with Crippen molar-refractivity contribution in [3.63, 3.8) is 0 Å². The number of halogens is 3. The molecule has 1 aromatic rings. The van der Waals surface area contributed by atoms with Gasteiger partial charge in [0.25, 0.3) is 5.92 Å². The zero-order valence-electron chi connectivity index (χ0n) is 9.56. The number of nitrogens with one attached hydrogen (secondary N) is 1. The average molecular weight is 243 g/mol. The molecule has 1 atom stereocenters. The van der Waals surface area contributed by atoms with E-state index in [0.717, 1.165) is 13.0 Å². The molecule has 1 aliphatic rings. The van der Waals surface area contributed by atoms with E-state index in [1.54, 1.807) is 6.07 Å². The summed E-state index contributed by atoms with van der Waals surface area (Å²) in [6.07, 6.45) is 0.940. The minimum Gasteiger partial charge on any atom is -0.316 e. The van der Waals surface area contributed by atoms with Gasteiger partial charge in [0.2, 0.25) is 0 Å². The molecule has 1 aliphatic heterocycles. The summed E-state index contributed by atoms with van der Waals surface area (Å²) in [5.74, 6) is -3.86. The first-order chi connectivity index (χ1) is 8.08. The van der Waals surface area contributed by atoms with Gasteiger partial charge in [0.1, 0.15) is 5.82 Å². The maximum Gasteiger partial charge on any atom is 0.256 e. The lowest BCUT2D eigenvalue weighted by Crippen LogP contribution is -2.42. The van der Waals surface area contributed by atoms with Gasteiger partial charge in [0.15, 0.2) is 0 Å². The second-order valence-electron chi connectivity index (χ2n) is 4.61. The topological polar surface area (TPSA) is 12.0 Å². The van der Waals surface area contributed by atoms with E-state index >= 15 is 0 Å². The van der Waals surface area contributed by atoms with Crippen molar-refractivity contribution in [1.29, 1.82) is 0 Å². The van der Waals surface area contributed by atoms with Crippen molar-refractivity contribution in [1.82, 2.24) is 5.32 Å². The zero-order valence-corrected chi connectivity index (χ0v) is 9.56. The third-order valence-electron chi connectivity index (χ3n) is 3.22. The highest BCUT2D eigenvalue weighted by atomic mass is 19.3. The van der Waals surface area contributed by atoms with Crippen LogP contribution in [0.5, 0.6) is 0 Å². The highest BCUT2D eigenvalue weighted by Crippen LogP contribution is 2.33. The predicted octanol–water partition coefficient (Wildman–Crippen LogP) is 3.00. The number of hydrogen-bond donors (Lipinski definition) is 1. The summed E-state index contributed by atoms with van der Waals surface area (Å²) in [4.78, 5) is 0. The van der Waals surface area contributed by atoms with Crippen molar-refractivity contribution in [3.8, 4) is 0 Å². The molecule has 4 heteroatoms. The quantitative estimate of drug-likeness (QED) is 0.860. The number of rotatable bonds is 3. The molecule has 0 aliphatic carbocycles. The van der Waals surface area contributed by atoms with Crippen LogP contribution in [-0.2, 0) is 6.42 Å². The molecule has 1 unspecified atom stereocenters. The van der Waals surface area contributed by atoms with Crippen LogP contribution in [0.3, 0.4) is 0 Å². The molecule has 1 saturated heterocycles. The average Bonchev–Trinajstić information content (AvgIpc) is 2.29. The first-order valence-electron chi connectivity index (χ1n) is 5.91. The summed E-state index contributed by atoms with van der Waals surface area (Å²) in [6, 6.07) is 5.47. The van der Waals surface area contributed by atoms with E-state index in [4.69, 9.17) is 0 Å². The summed E-state index contributed by atoms with van der Waals surface area (Å²) < 4.78 is 40.9. The molecule has 0 aromatic heterocycles. The lowest BCUT2D eigenvalue weighted by atomic mass is 9.89. The Morgan fingerprint density at radius 2 is 2.18 bits per heavy atom. The van der Waals surface area contributed by atoms with Crippen molar-refractivity contribution in [2.24, 2.45) is 5.92 Å². The smallest absolute Gasteiger partial charge is 0.256 e. The molecule has 1 aromatic carbocycles. The van der Waals surface area contributed by atoms with E-state index in [-0.39, 0.29) is 6.42 Å². The Labute approximate surface area is 99.0 Å². The van der Waals surface area contributed by atoms with E-state index in [1.807, 2.05) is 0 Å². The first-order valence-corrected chi connectivity index (χ1v) is 5.91. The van der Waals surface area contributed by atoms with Gasteiger partial charge in [-0.1, -0.05) is 12.1 Å². The summed E-state index contributed by atoms with van der Waals surface area (Å²) in [5, 5.41) is 2.98. The van der Waals surface area contributed by atoms with E-state index in [2.05, 4.69) is 5.32 Å². The van der Waals surface area contributed by atoms with Gasteiger partial charge in [0, 0.05) is 18.9 Å². The summed E-state index contributed by atoms with van der Waals surface area (Å²) in [7, 11) is 0. The van der Waals surface area contributed by atoms with Gasteiger partial charge in [-0.3, -0.25) is 0 Å². The molecule has 1 heterocycles.